The topological polar surface area (TPSA) is 104 Å². The fourth-order valence-corrected chi connectivity index (χ4v) is 4.03. The lowest BCUT2D eigenvalue weighted by Gasteiger charge is -2.11. The van der Waals surface area contributed by atoms with Crippen LogP contribution in [-0.4, -0.2) is 39.8 Å². The molecular formula is C26H23N5O4. The van der Waals surface area contributed by atoms with Gasteiger partial charge in [0.2, 0.25) is 11.8 Å². The molecule has 0 saturated heterocycles. The van der Waals surface area contributed by atoms with Crippen molar-refractivity contribution < 1.29 is 18.8 Å². The van der Waals surface area contributed by atoms with Crippen molar-refractivity contribution in [3.63, 3.8) is 0 Å². The second-order valence-corrected chi connectivity index (χ2v) is 7.93. The van der Waals surface area contributed by atoms with Crippen LogP contribution in [0.3, 0.4) is 0 Å². The van der Waals surface area contributed by atoms with Gasteiger partial charge in [0.05, 0.1) is 31.6 Å². The number of methoxy groups -OCH3 is 2. The predicted octanol–water partition coefficient (Wildman–Crippen LogP) is 4.87. The third kappa shape index (κ3) is 3.97. The highest BCUT2D eigenvalue weighted by atomic mass is 16.5. The highest BCUT2D eigenvalue weighted by Crippen LogP contribution is 2.34. The number of hydrogen-bond acceptors (Lipinski definition) is 7. The van der Waals surface area contributed by atoms with Crippen molar-refractivity contribution in [3.05, 3.63) is 72.2 Å². The average molecular weight is 470 g/mol. The number of nitrogens with one attached hydrogen (secondary N) is 1. The fourth-order valence-electron chi connectivity index (χ4n) is 4.03. The Morgan fingerprint density at radius 1 is 1.09 bits per heavy atom. The number of fused-ring (bicyclic) bond motifs is 1. The molecule has 9 nitrogen and oxygen atoms in total. The molecule has 4 heterocycles. The number of carbonyl (C=O) groups excluding carboxylic acids is 1. The number of hydrogen-bond donors (Lipinski definition) is 1. The van der Waals surface area contributed by atoms with E-state index in [4.69, 9.17) is 14.0 Å². The molecule has 0 saturated carbocycles. The van der Waals surface area contributed by atoms with Gasteiger partial charge < -0.3 is 23.9 Å². The summed E-state index contributed by atoms with van der Waals surface area (Å²) >= 11 is 0. The number of amides is 1. The quantitative estimate of drug-likeness (QED) is 0.378. The monoisotopic (exact) mass is 469 g/mol. The van der Waals surface area contributed by atoms with Crippen molar-refractivity contribution in [2.45, 2.75) is 6.92 Å². The van der Waals surface area contributed by atoms with Crippen molar-refractivity contribution in [3.8, 4) is 34.3 Å². The highest BCUT2D eigenvalue weighted by Gasteiger charge is 2.23. The zero-order chi connectivity index (χ0) is 24.5. The second kappa shape index (κ2) is 8.94. The summed E-state index contributed by atoms with van der Waals surface area (Å²) in [4.78, 5) is 22.2. The van der Waals surface area contributed by atoms with Crippen LogP contribution < -0.4 is 14.8 Å². The zero-order valence-electron chi connectivity index (χ0n) is 19.7. The van der Waals surface area contributed by atoms with E-state index in [1.807, 2.05) is 60.3 Å². The van der Waals surface area contributed by atoms with Crippen LogP contribution in [0.4, 0.5) is 5.69 Å². The summed E-state index contributed by atoms with van der Waals surface area (Å²) in [7, 11) is 5.03. The van der Waals surface area contributed by atoms with Gasteiger partial charge in [-0.15, -0.1) is 0 Å². The van der Waals surface area contributed by atoms with Crippen molar-refractivity contribution in [2.75, 3.05) is 19.5 Å². The van der Waals surface area contributed by atoms with Crippen LogP contribution in [0.15, 0.2) is 65.4 Å². The summed E-state index contributed by atoms with van der Waals surface area (Å²) in [6, 6.07) is 14.9. The fraction of sp³-hybridized carbons (Fsp3) is 0.154. The van der Waals surface area contributed by atoms with E-state index < -0.39 is 0 Å². The van der Waals surface area contributed by atoms with Crippen LogP contribution in [0.25, 0.3) is 33.4 Å². The SMILES string of the molecule is COc1cc2c(-c3ccc(NC(=O)c4c(-c5ccccc5)noc4C)c(OC)n3)cn(C)c2cn1. The number of nitrogens with zero attached hydrogens (tertiary/aromatic N) is 4. The molecule has 0 aliphatic carbocycles. The number of rotatable bonds is 6. The molecule has 5 aromatic rings. The molecular weight excluding hydrogens is 446 g/mol. The minimum Gasteiger partial charge on any atom is -0.481 e. The first kappa shape index (κ1) is 22.1. The number of pyridine rings is 2. The smallest absolute Gasteiger partial charge is 0.261 e. The molecule has 5 rings (SSSR count). The van der Waals surface area contributed by atoms with Crippen LogP contribution in [0.5, 0.6) is 11.8 Å². The first-order chi connectivity index (χ1) is 17.0. The van der Waals surface area contributed by atoms with Gasteiger partial charge in [0.15, 0.2) is 0 Å². The van der Waals surface area contributed by atoms with E-state index in [1.54, 1.807) is 26.3 Å². The number of ether oxygens (including phenoxy) is 2. The van der Waals surface area contributed by atoms with E-state index >= 15 is 0 Å². The molecule has 0 radical (unpaired) electrons. The van der Waals surface area contributed by atoms with Crippen molar-refractivity contribution in [1.29, 1.82) is 0 Å². The van der Waals surface area contributed by atoms with Crippen LogP contribution >= 0.6 is 0 Å². The van der Waals surface area contributed by atoms with Crippen LogP contribution in [0, 0.1) is 6.92 Å². The molecule has 0 aliphatic heterocycles. The Morgan fingerprint density at radius 2 is 1.89 bits per heavy atom. The van der Waals surface area contributed by atoms with Gasteiger partial charge in [-0.3, -0.25) is 4.79 Å². The number of carbonyl (C=O) groups is 1. The summed E-state index contributed by atoms with van der Waals surface area (Å²) in [6.07, 6.45) is 3.73. The van der Waals surface area contributed by atoms with Gasteiger partial charge in [0.25, 0.3) is 5.91 Å². The first-order valence-corrected chi connectivity index (χ1v) is 10.9. The molecule has 0 bridgehead atoms. The molecule has 0 spiro atoms. The van der Waals surface area contributed by atoms with Crippen LogP contribution in [0.1, 0.15) is 16.1 Å². The standard InChI is InChI=1S/C26H23N5O4/c1-15-23(24(30-35-15)16-8-6-5-7-9-16)25(32)28-20-11-10-19(29-26(20)34-4)18-14-31(2)21-13-27-22(33-3)12-17(18)21/h5-14H,1-4H3,(H,28,32). The van der Waals surface area contributed by atoms with E-state index in [2.05, 4.69) is 20.4 Å². The zero-order valence-corrected chi connectivity index (χ0v) is 19.7. The summed E-state index contributed by atoms with van der Waals surface area (Å²) < 4.78 is 18.1. The number of benzene rings is 1. The second-order valence-electron chi connectivity index (χ2n) is 7.93. The van der Waals surface area contributed by atoms with E-state index in [0.29, 0.717) is 34.3 Å². The lowest BCUT2D eigenvalue weighted by molar-refractivity contribution is 0.102. The van der Waals surface area contributed by atoms with E-state index in [-0.39, 0.29) is 11.8 Å². The Labute approximate surface area is 201 Å². The third-order valence-electron chi connectivity index (χ3n) is 5.77. The van der Waals surface area contributed by atoms with Crippen LogP contribution in [0.2, 0.25) is 0 Å². The molecule has 1 N–H and O–H groups in total. The van der Waals surface area contributed by atoms with Gasteiger partial charge in [0, 0.05) is 35.8 Å². The maximum absolute atomic E-state index is 13.2. The molecule has 4 aromatic heterocycles. The lowest BCUT2D eigenvalue weighted by atomic mass is 10.1. The van der Waals surface area contributed by atoms with Gasteiger partial charge in [-0.25, -0.2) is 9.97 Å². The normalized spacial score (nSPS) is 11.0. The highest BCUT2D eigenvalue weighted by molar-refractivity contribution is 6.09. The molecule has 0 fully saturated rings. The van der Waals surface area contributed by atoms with Gasteiger partial charge in [0.1, 0.15) is 22.7 Å². The van der Waals surface area contributed by atoms with Gasteiger partial charge in [-0.2, -0.15) is 0 Å². The number of aromatic nitrogens is 4. The molecule has 0 aliphatic rings. The van der Waals surface area contributed by atoms with Crippen molar-refractivity contribution in [1.82, 2.24) is 19.7 Å². The van der Waals surface area contributed by atoms with Gasteiger partial charge >= 0.3 is 0 Å². The number of aryl methyl sites for hydroxylation is 2. The van der Waals surface area contributed by atoms with Crippen LogP contribution in [-0.2, 0) is 7.05 Å². The third-order valence-corrected chi connectivity index (χ3v) is 5.77. The first-order valence-electron chi connectivity index (χ1n) is 10.9. The Bertz CT molecular complexity index is 1540. The molecule has 9 heteroatoms. The maximum Gasteiger partial charge on any atom is 0.261 e. The summed E-state index contributed by atoms with van der Waals surface area (Å²) in [5.74, 6) is 0.850. The summed E-state index contributed by atoms with van der Waals surface area (Å²) in [5.41, 5.74) is 4.57. The predicted molar refractivity (Wildman–Crippen MR) is 132 cm³/mol. The Kier molecular flexibility index (Phi) is 5.66. The number of anilines is 1. The lowest BCUT2D eigenvalue weighted by Crippen LogP contribution is -2.14. The Balaban J connectivity index is 1.50. The minimum atomic E-state index is -0.364. The van der Waals surface area contributed by atoms with E-state index in [0.717, 1.165) is 22.0 Å². The molecule has 0 unspecified atom stereocenters. The Hall–Kier alpha value is -4.66. The van der Waals surface area contributed by atoms with E-state index in [9.17, 15) is 4.79 Å². The van der Waals surface area contributed by atoms with Gasteiger partial charge in [-0.1, -0.05) is 35.5 Å². The average Bonchev–Trinajstić information content (AvgIpc) is 3.44. The Morgan fingerprint density at radius 3 is 2.63 bits per heavy atom. The largest absolute Gasteiger partial charge is 0.481 e. The molecule has 35 heavy (non-hydrogen) atoms. The van der Waals surface area contributed by atoms with Crippen molar-refractivity contribution in [2.24, 2.45) is 7.05 Å². The summed E-state index contributed by atoms with van der Waals surface area (Å²) in [5, 5.41) is 7.93. The van der Waals surface area contributed by atoms with E-state index in [1.165, 1.54) is 7.11 Å². The molecule has 1 aromatic carbocycles. The molecule has 1 amide bonds. The molecule has 176 valence electrons. The van der Waals surface area contributed by atoms with Crippen molar-refractivity contribution >= 4 is 22.5 Å². The maximum atomic E-state index is 13.2. The minimum absolute atomic E-state index is 0.282. The van der Waals surface area contributed by atoms with Gasteiger partial charge in [-0.05, 0) is 19.1 Å². The molecule has 0 atom stereocenters. The summed E-state index contributed by atoms with van der Waals surface area (Å²) in [6.45, 7) is 1.70.